The molecule has 0 aliphatic rings. The van der Waals surface area contributed by atoms with E-state index in [-0.39, 0.29) is 0 Å². The SMILES string of the molecule is CCCCc1nc2c(N)nc3ccccc3c2n1Cc1cc(C)c(O)c(CNC(=S)CCCN(C)C)c1. The molecule has 0 spiro atoms. The molecule has 0 radical (unpaired) electrons. The molecule has 2 aromatic carbocycles. The van der Waals surface area contributed by atoms with Gasteiger partial charge in [0.05, 0.1) is 16.0 Å². The first-order chi connectivity index (χ1) is 17.8. The standard InChI is InChI=1S/C29H38N6OS/c1-5-6-12-24-33-26-27(22-10-7-8-11-23(22)32-29(26)30)35(24)18-20-15-19(2)28(36)21(16-20)17-31-25(37)13-9-14-34(3)4/h7-8,10-11,15-16,36H,5-6,9,12-14,17-18H2,1-4H3,(H2,30,32)(H,31,37). The van der Waals surface area contributed by atoms with Gasteiger partial charge in [0.1, 0.15) is 17.1 Å². The zero-order chi connectivity index (χ0) is 26.5. The van der Waals surface area contributed by atoms with Gasteiger partial charge in [-0.05, 0) is 70.1 Å². The molecular weight excluding hydrogens is 480 g/mol. The summed E-state index contributed by atoms with van der Waals surface area (Å²) in [5.41, 5.74) is 11.8. The fourth-order valence-corrected chi connectivity index (χ4v) is 5.00. The van der Waals surface area contributed by atoms with Gasteiger partial charge < -0.3 is 25.6 Å². The van der Waals surface area contributed by atoms with Crippen LogP contribution in [0.1, 0.15) is 55.1 Å². The molecule has 4 aromatic rings. The molecular formula is C29H38N6OS. The lowest BCUT2D eigenvalue weighted by molar-refractivity contribution is 0.403. The third-order valence-electron chi connectivity index (χ3n) is 6.71. The minimum Gasteiger partial charge on any atom is -0.507 e. The molecule has 0 atom stereocenters. The van der Waals surface area contributed by atoms with Gasteiger partial charge in [-0.1, -0.05) is 49.8 Å². The topological polar surface area (TPSA) is 92.2 Å². The molecule has 196 valence electrons. The van der Waals surface area contributed by atoms with Crippen LogP contribution in [0.25, 0.3) is 21.9 Å². The van der Waals surface area contributed by atoms with Crippen molar-refractivity contribution in [2.75, 3.05) is 26.4 Å². The van der Waals surface area contributed by atoms with E-state index in [0.717, 1.165) is 88.1 Å². The summed E-state index contributed by atoms with van der Waals surface area (Å²) in [4.78, 5) is 12.5. The van der Waals surface area contributed by atoms with Crippen molar-refractivity contribution in [2.24, 2.45) is 0 Å². The predicted octanol–water partition coefficient (Wildman–Crippen LogP) is 5.33. The third kappa shape index (κ3) is 6.19. The molecule has 2 aromatic heterocycles. The molecule has 8 heteroatoms. The molecule has 37 heavy (non-hydrogen) atoms. The first kappa shape index (κ1) is 26.8. The summed E-state index contributed by atoms with van der Waals surface area (Å²) in [7, 11) is 4.13. The number of phenolic OH excluding ortho intramolecular Hbond substituents is 1. The Morgan fingerprint density at radius 3 is 2.70 bits per heavy atom. The van der Waals surface area contributed by atoms with Crippen molar-refractivity contribution >= 4 is 45.0 Å². The molecule has 0 fully saturated rings. The fourth-order valence-electron chi connectivity index (χ4n) is 4.78. The second-order valence-corrected chi connectivity index (χ2v) is 10.5. The number of anilines is 1. The number of nitrogen functional groups attached to an aromatic ring is 1. The van der Waals surface area contributed by atoms with Crippen LogP contribution >= 0.6 is 12.2 Å². The zero-order valence-electron chi connectivity index (χ0n) is 22.3. The van der Waals surface area contributed by atoms with E-state index in [1.54, 1.807) is 0 Å². The smallest absolute Gasteiger partial charge is 0.152 e. The second kappa shape index (κ2) is 11.9. The number of hydrogen-bond donors (Lipinski definition) is 3. The molecule has 0 aliphatic heterocycles. The van der Waals surface area contributed by atoms with Crippen LogP contribution < -0.4 is 11.1 Å². The molecule has 0 amide bonds. The lowest BCUT2D eigenvalue weighted by Gasteiger charge is -2.16. The van der Waals surface area contributed by atoms with Crippen molar-refractivity contribution in [3.05, 3.63) is 58.9 Å². The van der Waals surface area contributed by atoms with E-state index in [1.807, 2.05) is 25.1 Å². The lowest BCUT2D eigenvalue weighted by atomic mass is 10.0. The second-order valence-electron chi connectivity index (χ2n) is 10.0. The normalized spacial score (nSPS) is 11.6. The minimum absolute atomic E-state index is 0.313. The lowest BCUT2D eigenvalue weighted by Crippen LogP contribution is -2.22. The van der Waals surface area contributed by atoms with Gasteiger partial charge in [0.15, 0.2) is 5.82 Å². The van der Waals surface area contributed by atoms with E-state index in [9.17, 15) is 5.11 Å². The summed E-state index contributed by atoms with van der Waals surface area (Å²) in [6.07, 6.45) is 4.83. The van der Waals surface area contributed by atoms with Crippen LogP contribution in [0.4, 0.5) is 5.82 Å². The quantitative estimate of drug-likeness (QED) is 0.231. The van der Waals surface area contributed by atoms with Crippen LogP contribution in [0.15, 0.2) is 36.4 Å². The van der Waals surface area contributed by atoms with Gasteiger partial charge in [-0.3, -0.25) is 0 Å². The van der Waals surface area contributed by atoms with Gasteiger partial charge in [0.25, 0.3) is 0 Å². The Morgan fingerprint density at radius 2 is 1.95 bits per heavy atom. The van der Waals surface area contributed by atoms with Crippen molar-refractivity contribution in [1.29, 1.82) is 0 Å². The molecule has 4 N–H and O–H groups in total. The van der Waals surface area contributed by atoms with Crippen molar-refractivity contribution in [3.8, 4) is 5.75 Å². The number of thiocarbonyl (C=S) groups is 1. The van der Waals surface area contributed by atoms with Crippen LogP contribution in [0.5, 0.6) is 5.75 Å². The molecule has 7 nitrogen and oxygen atoms in total. The number of unbranched alkanes of at least 4 members (excludes halogenated alkanes) is 1. The Morgan fingerprint density at radius 1 is 1.16 bits per heavy atom. The summed E-state index contributed by atoms with van der Waals surface area (Å²) >= 11 is 5.53. The molecule has 0 saturated carbocycles. The third-order valence-corrected chi connectivity index (χ3v) is 7.06. The summed E-state index contributed by atoms with van der Waals surface area (Å²) in [6.45, 7) is 6.25. The number of pyridine rings is 1. The zero-order valence-corrected chi connectivity index (χ0v) is 23.2. The van der Waals surface area contributed by atoms with Crippen LogP contribution in [-0.4, -0.2) is 50.2 Å². The average Bonchev–Trinajstić information content (AvgIpc) is 3.22. The molecule has 0 aliphatic carbocycles. The van der Waals surface area contributed by atoms with Crippen LogP contribution in [0.2, 0.25) is 0 Å². The number of aromatic hydroxyl groups is 1. The van der Waals surface area contributed by atoms with Crippen LogP contribution in [0.3, 0.4) is 0 Å². The number of hydrogen-bond acceptors (Lipinski definition) is 6. The van der Waals surface area contributed by atoms with Gasteiger partial charge in [0.2, 0.25) is 0 Å². The van der Waals surface area contributed by atoms with Crippen LogP contribution in [0, 0.1) is 6.92 Å². The number of benzene rings is 2. The highest BCUT2D eigenvalue weighted by molar-refractivity contribution is 7.80. The number of imidazole rings is 1. The van der Waals surface area contributed by atoms with Gasteiger partial charge in [0, 0.05) is 30.5 Å². The molecule has 0 unspecified atom stereocenters. The highest BCUT2D eigenvalue weighted by Gasteiger charge is 2.18. The van der Waals surface area contributed by atoms with E-state index < -0.39 is 0 Å². The number of nitrogens with zero attached hydrogens (tertiary/aromatic N) is 4. The molecule has 0 saturated heterocycles. The van der Waals surface area contributed by atoms with Crippen molar-refractivity contribution < 1.29 is 5.11 Å². The highest BCUT2D eigenvalue weighted by atomic mass is 32.1. The predicted molar refractivity (Wildman–Crippen MR) is 157 cm³/mol. The van der Waals surface area contributed by atoms with E-state index in [2.05, 4.69) is 59.0 Å². The summed E-state index contributed by atoms with van der Waals surface area (Å²) < 4.78 is 2.28. The number of aromatic nitrogens is 3. The number of nitrogens with two attached hydrogens (primary N) is 1. The number of para-hydroxylation sites is 1. The summed E-state index contributed by atoms with van der Waals surface area (Å²) in [5, 5.41) is 15.2. The maximum atomic E-state index is 10.8. The number of phenols is 1. The maximum absolute atomic E-state index is 10.8. The van der Waals surface area contributed by atoms with E-state index in [0.29, 0.717) is 24.7 Å². The first-order valence-electron chi connectivity index (χ1n) is 13.0. The molecule has 0 bridgehead atoms. The Hall–Kier alpha value is -3.23. The first-order valence-corrected chi connectivity index (χ1v) is 13.5. The van der Waals surface area contributed by atoms with Crippen LogP contribution in [-0.2, 0) is 19.5 Å². The van der Waals surface area contributed by atoms with Gasteiger partial charge >= 0.3 is 0 Å². The van der Waals surface area contributed by atoms with E-state index in [4.69, 9.17) is 22.9 Å². The number of nitrogens with one attached hydrogen (secondary N) is 1. The minimum atomic E-state index is 0.313. The maximum Gasteiger partial charge on any atom is 0.152 e. The Labute approximate surface area is 224 Å². The number of rotatable bonds is 11. The number of aryl methyl sites for hydroxylation is 2. The van der Waals surface area contributed by atoms with Crippen molar-refractivity contribution in [2.45, 2.75) is 59.0 Å². The van der Waals surface area contributed by atoms with Crippen molar-refractivity contribution in [3.63, 3.8) is 0 Å². The largest absolute Gasteiger partial charge is 0.507 e. The summed E-state index contributed by atoms with van der Waals surface area (Å²) in [6, 6.07) is 12.2. The van der Waals surface area contributed by atoms with Gasteiger partial charge in [-0.2, -0.15) is 0 Å². The molecule has 2 heterocycles. The van der Waals surface area contributed by atoms with Gasteiger partial charge in [-0.15, -0.1) is 0 Å². The molecule has 4 rings (SSSR count). The summed E-state index contributed by atoms with van der Waals surface area (Å²) in [5.74, 6) is 1.78. The monoisotopic (exact) mass is 518 g/mol. The highest BCUT2D eigenvalue weighted by Crippen LogP contribution is 2.31. The van der Waals surface area contributed by atoms with E-state index in [1.165, 1.54) is 0 Å². The number of fused-ring (bicyclic) bond motifs is 3. The Bertz CT molecular complexity index is 1410. The van der Waals surface area contributed by atoms with E-state index >= 15 is 0 Å². The van der Waals surface area contributed by atoms with Gasteiger partial charge in [-0.25, -0.2) is 9.97 Å². The Kier molecular flexibility index (Phi) is 8.61. The Balaban J connectivity index is 1.67. The average molecular weight is 519 g/mol. The van der Waals surface area contributed by atoms with Crippen molar-refractivity contribution in [1.82, 2.24) is 24.8 Å². The fraction of sp³-hybridized carbons (Fsp3) is 0.414.